The number of aliphatic carboxylic acids is 1. The molecule has 0 unspecified atom stereocenters. The monoisotopic (exact) mass is 294 g/mol. The molecule has 0 spiro atoms. The Morgan fingerprint density at radius 2 is 2.00 bits per heavy atom. The zero-order valence-corrected chi connectivity index (χ0v) is 12.6. The van der Waals surface area contributed by atoms with Crippen molar-refractivity contribution in [1.82, 2.24) is 10.1 Å². The van der Waals surface area contributed by atoms with Crippen molar-refractivity contribution in [2.45, 2.75) is 58.4 Å². The van der Waals surface area contributed by atoms with Crippen LogP contribution >= 0.6 is 0 Å². The van der Waals surface area contributed by atoms with Crippen molar-refractivity contribution >= 4 is 11.9 Å². The highest BCUT2D eigenvalue weighted by Gasteiger charge is 2.28. The van der Waals surface area contributed by atoms with Crippen LogP contribution < -0.4 is 0 Å². The topological polar surface area (TPSA) is 83.6 Å². The van der Waals surface area contributed by atoms with Crippen molar-refractivity contribution in [1.29, 1.82) is 0 Å². The summed E-state index contributed by atoms with van der Waals surface area (Å²) < 4.78 is 5.33. The van der Waals surface area contributed by atoms with Gasteiger partial charge in [0.15, 0.2) is 5.69 Å². The maximum Gasteiger partial charge on any atom is 0.305 e. The van der Waals surface area contributed by atoms with Gasteiger partial charge in [-0.15, -0.1) is 0 Å². The number of amides is 1. The van der Waals surface area contributed by atoms with Crippen LogP contribution in [-0.2, 0) is 17.6 Å². The molecule has 6 nitrogen and oxygen atoms in total. The summed E-state index contributed by atoms with van der Waals surface area (Å²) >= 11 is 0. The zero-order valence-electron chi connectivity index (χ0n) is 12.6. The van der Waals surface area contributed by atoms with Crippen molar-refractivity contribution in [3.05, 3.63) is 17.0 Å². The largest absolute Gasteiger partial charge is 0.481 e. The lowest BCUT2D eigenvalue weighted by Crippen LogP contribution is -2.39. The summed E-state index contributed by atoms with van der Waals surface area (Å²) in [5.41, 5.74) is 1.28. The lowest BCUT2D eigenvalue weighted by molar-refractivity contribution is -0.137. The van der Waals surface area contributed by atoms with Gasteiger partial charge in [-0.25, -0.2) is 0 Å². The molecule has 1 aliphatic rings. The first-order chi connectivity index (χ1) is 10.0. The van der Waals surface area contributed by atoms with Gasteiger partial charge < -0.3 is 14.5 Å². The van der Waals surface area contributed by atoms with E-state index < -0.39 is 5.97 Å². The number of carboxylic acids is 1. The maximum atomic E-state index is 12.7. The molecule has 1 aromatic rings. The Kier molecular flexibility index (Phi) is 4.98. The molecule has 0 aromatic carbocycles. The van der Waals surface area contributed by atoms with Crippen LogP contribution in [0.1, 0.15) is 61.3 Å². The quantitative estimate of drug-likeness (QED) is 0.842. The minimum absolute atomic E-state index is 0.0655. The number of carboxylic acid groups (broad SMARTS) is 1. The predicted molar refractivity (Wildman–Crippen MR) is 76.2 cm³/mol. The molecule has 6 heteroatoms. The number of rotatable bonds is 5. The van der Waals surface area contributed by atoms with E-state index in [1.807, 2.05) is 13.8 Å². The van der Waals surface area contributed by atoms with Crippen LogP contribution in [0.2, 0.25) is 0 Å². The second-order valence-electron chi connectivity index (χ2n) is 5.73. The molecule has 0 bridgehead atoms. The minimum atomic E-state index is -0.910. The van der Waals surface area contributed by atoms with Crippen LogP contribution in [0.3, 0.4) is 0 Å². The Balaban J connectivity index is 2.20. The third-order valence-electron chi connectivity index (χ3n) is 3.85. The van der Waals surface area contributed by atoms with E-state index in [1.165, 1.54) is 0 Å². The Bertz CT molecular complexity index is 522. The van der Waals surface area contributed by atoms with Gasteiger partial charge in [0, 0.05) is 24.6 Å². The molecule has 1 aromatic heterocycles. The first kappa shape index (κ1) is 15.5. The fourth-order valence-electron chi connectivity index (χ4n) is 2.68. The molecular weight excluding hydrogens is 272 g/mol. The minimum Gasteiger partial charge on any atom is -0.481 e. The van der Waals surface area contributed by atoms with Crippen LogP contribution in [0.25, 0.3) is 0 Å². The normalized spacial score (nSPS) is 14.6. The van der Waals surface area contributed by atoms with E-state index >= 15 is 0 Å². The summed E-state index contributed by atoms with van der Waals surface area (Å²) in [6.45, 7) is 3.93. The lowest BCUT2D eigenvalue weighted by Gasteiger charge is -2.25. The second-order valence-corrected chi connectivity index (χ2v) is 5.73. The van der Waals surface area contributed by atoms with Crippen molar-refractivity contribution < 1.29 is 19.2 Å². The zero-order chi connectivity index (χ0) is 15.4. The number of aryl methyl sites for hydroxylation is 1. The fourth-order valence-corrected chi connectivity index (χ4v) is 2.68. The molecule has 0 saturated heterocycles. The van der Waals surface area contributed by atoms with Gasteiger partial charge in [-0.3, -0.25) is 9.59 Å². The summed E-state index contributed by atoms with van der Waals surface area (Å²) in [4.78, 5) is 24.9. The molecule has 0 atom stereocenters. The standard InChI is InChI=1S/C15H22N2O4/c1-10(2)17(9-8-13(18)19)15(20)14-11-6-4-3-5-7-12(11)21-16-14/h10H,3-9H2,1-2H3,(H,18,19). The highest BCUT2D eigenvalue weighted by Crippen LogP contribution is 2.25. The van der Waals surface area contributed by atoms with Gasteiger partial charge >= 0.3 is 5.97 Å². The van der Waals surface area contributed by atoms with E-state index in [0.717, 1.165) is 43.4 Å². The number of hydrogen-bond acceptors (Lipinski definition) is 4. The number of fused-ring (bicyclic) bond motifs is 1. The third kappa shape index (κ3) is 3.62. The van der Waals surface area contributed by atoms with E-state index in [4.69, 9.17) is 9.63 Å². The van der Waals surface area contributed by atoms with E-state index in [2.05, 4.69) is 5.16 Å². The Morgan fingerprint density at radius 1 is 1.29 bits per heavy atom. The molecule has 1 amide bonds. The van der Waals surface area contributed by atoms with Gasteiger partial charge in [0.2, 0.25) is 0 Å². The molecule has 1 aliphatic carbocycles. The predicted octanol–water partition coefficient (Wildman–Crippen LogP) is 2.27. The highest BCUT2D eigenvalue weighted by atomic mass is 16.5. The molecule has 0 aliphatic heterocycles. The van der Waals surface area contributed by atoms with Crippen molar-refractivity contribution in [3.8, 4) is 0 Å². The van der Waals surface area contributed by atoms with Gasteiger partial charge in [0.25, 0.3) is 5.91 Å². The van der Waals surface area contributed by atoms with Crippen molar-refractivity contribution in [2.75, 3.05) is 6.54 Å². The second kappa shape index (κ2) is 6.74. The molecule has 1 heterocycles. The molecule has 0 radical (unpaired) electrons. The number of aromatic nitrogens is 1. The van der Waals surface area contributed by atoms with Gasteiger partial charge in [-0.2, -0.15) is 0 Å². The van der Waals surface area contributed by atoms with E-state index in [1.54, 1.807) is 4.90 Å². The highest BCUT2D eigenvalue weighted by molar-refractivity contribution is 5.94. The number of carbonyl (C=O) groups excluding carboxylic acids is 1. The first-order valence-electron chi connectivity index (χ1n) is 7.51. The fraction of sp³-hybridized carbons (Fsp3) is 0.667. The SMILES string of the molecule is CC(C)N(CCC(=O)O)C(=O)c1noc2c1CCCCC2. The van der Waals surface area contributed by atoms with Gasteiger partial charge in [-0.1, -0.05) is 11.6 Å². The molecule has 0 saturated carbocycles. The van der Waals surface area contributed by atoms with Crippen molar-refractivity contribution in [3.63, 3.8) is 0 Å². The van der Waals surface area contributed by atoms with Crippen LogP contribution in [-0.4, -0.2) is 39.6 Å². The first-order valence-corrected chi connectivity index (χ1v) is 7.51. The molecule has 21 heavy (non-hydrogen) atoms. The van der Waals surface area contributed by atoms with Crippen LogP contribution in [0.15, 0.2) is 4.52 Å². The van der Waals surface area contributed by atoms with Gasteiger partial charge in [0.05, 0.1) is 6.42 Å². The maximum absolute atomic E-state index is 12.7. The summed E-state index contributed by atoms with van der Waals surface area (Å²) in [6.07, 6.45) is 4.79. The Labute approximate surface area is 124 Å². The molecule has 1 N–H and O–H groups in total. The average Bonchev–Trinajstić information content (AvgIpc) is 2.67. The number of carbonyl (C=O) groups is 2. The summed E-state index contributed by atoms with van der Waals surface area (Å²) in [5.74, 6) is -0.316. The number of hydrogen-bond donors (Lipinski definition) is 1. The van der Waals surface area contributed by atoms with Gasteiger partial charge in [-0.05, 0) is 33.1 Å². The molecular formula is C15H22N2O4. The van der Waals surface area contributed by atoms with Crippen molar-refractivity contribution in [2.24, 2.45) is 0 Å². The van der Waals surface area contributed by atoms with E-state index in [-0.39, 0.29) is 24.9 Å². The van der Waals surface area contributed by atoms with Crippen LogP contribution in [0.5, 0.6) is 0 Å². The third-order valence-corrected chi connectivity index (χ3v) is 3.85. The lowest BCUT2D eigenvalue weighted by atomic mass is 10.1. The van der Waals surface area contributed by atoms with Crippen LogP contribution in [0, 0.1) is 0 Å². The Hall–Kier alpha value is -1.85. The number of nitrogens with zero attached hydrogens (tertiary/aromatic N) is 2. The summed E-state index contributed by atoms with van der Waals surface area (Å²) in [6, 6.07) is -0.0741. The van der Waals surface area contributed by atoms with Crippen LogP contribution in [0.4, 0.5) is 0 Å². The van der Waals surface area contributed by atoms with Gasteiger partial charge in [0.1, 0.15) is 5.76 Å². The summed E-state index contributed by atoms with van der Waals surface area (Å²) in [5, 5.41) is 12.8. The Morgan fingerprint density at radius 3 is 2.67 bits per heavy atom. The molecule has 0 fully saturated rings. The molecule has 116 valence electrons. The average molecular weight is 294 g/mol. The smallest absolute Gasteiger partial charge is 0.305 e. The van der Waals surface area contributed by atoms with E-state index in [0.29, 0.717) is 5.69 Å². The van der Waals surface area contributed by atoms with E-state index in [9.17, 15) is 9.59 Å². The molecule has 2 rings (SSSR count). The summed E-state index contributed by atoms with van der Waals surface area (Å²) in [7, 11) is 0.